The van der Waals surface area contributed by atoms with Crippen molar-refractivity contribution in [1.82, 2.24) is 0 Å². The van der Waals surface area contributed by atoms with Crippen molar-refractivity contribution in [2.75, 3.05) is 14.2 Å². The van der Waals surface area contributed by atoms with E-state index in [0.717, 1.165) is 5.56 Å². The summed E-state index contributed by atoms with van der Waals surface area (Å²) in [5, 5.41) is 0. The third-order valence-electron chi connectivity index (χ3n) is 1.71. The molecular formula is C10H12O4. The number of benzene rings is 1. The molecule has 0 aliphatic heterocycles. The molecule has 0 aliphatic rings. The molecule has 76 valence electrons. The van der Waals surface area contributed by atoms with Crippen LogP contribution in [0, 0.1) is 0 Å². The lowest BCUT2D eigenvalue weighted by molar-refractivity contribution is -0.120. The fourth-order valence-corrected chi connectivity index (χ4v) is 1.12. The van der Waals surface area contributed by atoms with Crippen molar-refractivity contribution in [2.45, 2.75) is 6.61 Å². The molecule has 1 rings (SSSR count). The van der Waals surface area contributed by atoms with Gasteiger partial charge in [-0.3, -0.25) is 4.79 Å². The van der Waals surface area contributed by atoms with E-state index >= 15 is 0 Å². The summed E-state index contributed by atoms with van der Waals surface area (Å²) < 4.78 is 14.7. The first-order valence-electron chi connectivity index (χ1n) is 4.08. The smallest absolute Gasteiger partial charge is 0.298 e. The summed E-state index contributed by atoms with van der Waals surface area (Å²) in [7, 11) is 3.13. The third-order valence-corrected chi connectivity index (χ3v) is 1.71. The molecule has 1 aromatic carbocycles. The van der Waals surface area contributed by atoms with E-state index < -0.39 is 0 Å². The van der Waals surface area contributed by atoms with Crippen LogP contribution in [0.1, 0.15) is 5.56 Å². The Morgan fingerprint density at radius 1 is 1.29 bits per heavy atom. The predicted octanol–water partition coefficient (Wildman–Crippen LogP) is 1.38. The van der Waals surface area contributed by atoms with Gasteiger partial charge in [-0.1, -0.05) is 6.07 Å². The quantitative estimate of drug-likeness (QED) is 0.667. The number of rotatable bonds is 5. The van der Waals surface area contributed by atoms with E-state index in [4.69, 9.17) is 14.2 Å². The summed E-state index contributed by atoms with van der Waals surface area (Å²) >= 11 is 0. The van der Waals surface area contributed by atoms with E-state index in [0.29, 0.717) is 24.6 Å². The molecule has 0 atom stereocenters. The average Bonchev–Trinajstić information content (AvgIpc) is 2.21. The maximum atomic E-state index is 10.2. The zero-order valence-corrected chi connectivity index (χ0v) is 8.15. The van der Waals surface area contributed by atoms with E-state index in [-0.39, 0.29) is 0 Å². The van der Waals surface area contributed by atoms with Crippen molar-refractivity contribution in [1.29, 1.82) is 0 Å². The van der Waals surface area contributed by atoms with Crippen LogP contribution in [0.5, 0.6) is 11.5 Å². The lowest BCUT2D eigenvalue weighted by Crippen LogP contribution is -1.95. The molecule has 14 heavy (non-hydrogen) atoms. The van der Waals surface area contributed by atoms with Crippen LogP contribution in [0.3, 0.4) is 0 Å². The van der Waals surface area contributed by atoms with Gasteiger partial charge in [-0.15, -0.1) is 0 Å². The minimum absolute atomic E-state index is 0.369. The molecule has 1 aromatic rings. The van der Waals surface area contributed by atoms with Gasteiger partial charge in [0.25, 0.3) is 6.47 Å². The van der Waals surface area contributed by atoms with Gasteiger partial charge in [0.1, 0.15) is 0 Å². The Hall–Kier alpha value is -1.55. The number of ether oxygens (including phenoxy) is 3. The molecule has 0 aromatic heterocycles. The summed E-state index contributed by atoms with van der Waals surface area (Å²) in [6.45, 7) is 0.867. The molecule has 0 saturated heterocycles. The summed E-state index contributed by atoms with van der Waals surface area (Å²) in [5.74, 6) is 0.925. The zero-order chi connectivity index (χ0) is 10.4. The lowest BCUT2D eigenvalue weighted by atomic mass is 10.2. The van der Waals surface area contributed by atoms with Gasteiger partial charge in [0, 0.05) is 7.11 Å². The van der Waals surface area contributed by atoms with E-state index in [9.17, 15) is 4.79 Å². The highest BCUT2D eigenvalue weighted by Gasteiger charge is 2.04. The molecule has 0 fully saturated rings. The standard InChI is InChI=1S/C10H12O4/c1-12-6-8-3-4-9(14-7-11)10(5-8)13-2/h3-5,7H,6H2,1-2H3. The summed E-state index contributed by atoms with van der Waals surface area (Å²) in [5.41, 5.74) is 0.961. The summed E-state index contributed by atoms with van der Waals surface area (Å²) in [6.07, 6.45) is 0. The molecule has 4 nitrogen and oxygen atoms in total. The first kappa shape index (κ1) is 10.5. The highest BCUT2D eigenvalue weighted by molar-refractivity contribution is 5.51. The van der Waals surface area contributed by atoms with Crippen LogP contribution in [0.4, 0.5) is 0 Å². The fraction of sp³-hybridized carbons (Fsp3) is 0.300. The van der Waals surface area contributed by atoms with Gasteiger partial charge in [-0.2, -0.15) is 0 Å². The Labute approximate surface area is 82.4 Å². The molecule has 0 radical (unpaired) electrons. The number of hydrogen-bond donors (Lipinski definition) is 0. The Bertz CT molecular complexity index is 309. The molecule has 0 unspecified atom stereocenters. The maximum Gasteiger partial charge on any atom is 0.298 e. The highest BCUT2D eigenvalue weighted by Crippen LogP contribution is 2.27. The van der Waals surface area contributed by atoms with Crippen LogP contribution in [0.15, 0.2) is 18.2 Å². The SMILES string of the molecule is COCc1ccc(OC=O)c(OC)c1. The normalized spacial score (nSPS) is 9.57. The Morgan fingerprint density at radius 3 is 2.64 bits per heavy atom. The monoisotopic (exact) mass is 196 g/mol. The fourth-order valence-electron chi connectivity index (χ4n) is 1.12. The van der Waals surface area contributed by atoms with Crippen LogP contribution in [0.25, 0.3) is 0 Å². The Balaban J connectivity index is 2.92. The number of carbonyl (C=O) groups is 1. The minimum atomic E-state index is 0.369. The summed E-state index contributed by atoms with van der Waals surface area (Å²) in [6, 6.07) is 5.24. The van der Waals surface area contributed by atoms with Crippen LogP contribution < -0.4 is 9.47 Å². The van der Waals surface area contributed by atoms with Crippen LogP contribution in [0.2, 0.25) is 0 Å². The van der Waals surface area contributed by atoms with E-state index in [2.05, 4.69) is 0 Å². The summed E-state index contributed by atoms with van der Waals surface area (Å²) in [4.78, 5) is 10.2. The van der Waals surface area contributed by atoms with Gasteiger partial charge >= 0.3 is 0 Å². The van der Waals surface area contributed by atoms with Gasteiger partial charge in [0.15, 0.2) is 11.5 Å². The molecule has 0 N–H and O–H groups in total. The van der Waals surface area contributed by atoms with Crippen LogP contribution in [-0.4, -0.2) is 20.7 Å². The number of carbonyl (C=O) groups excluding carboxylic acids is 1. The van der Waals surface area contributed by atoms with Crippen LogP contribution in [-0.2, 0) is 16.1 Å². The Kier molecular flexibility index (Phi) is 3.94. The largest absolute Gasteiger partial charge is 0.493 e. The molecule has 4 heteroatoms. The molecule has 0 bridgehead atoms. The second-order valence-electron chi connectivity index (χ2n) is 2.63. The van der Waals surface area contributed by atoms with Gasteiger partial charge < -0.3 is 14.2 Å². The maximum absolute atomic E-state index is 10.2. The first-order chi connectivity index (χ1) is 6.81. The highest BCUT2D eigenvalue weighted by atomic mass is 16.5. The van der Waals surface area contributed by atoms with Crippen molar-refractivity contribution in [3.8, 4) is 11.5 Å². The number of methoxy groups -OCH3 is 2. The minimum Gasteiger partial charge on any atom is -0.493 e. The van der Waals surface area contributed by atoms with Crippen molar-refractivity contribution in [2.24, 2.45) is 0 Å². The molecule has 0 heterocycles. The van der Waals surface area contributed by atoms with E-state index in [1.807, 2.05) is 6.07 Å². The van der Waals surface area contributed by atoms with Crippen molar-refractivity contribution < 1.29 is 19.0 Å². The average molecular weight is 196 g/mol. The molecule has 0 spiro atoms. The second kappa shape index (κ2) is 5.24. The van der Waals surface area contributed by atoms with Crippen molar-refractivity contribution >= 4 is 6.47 Å². The second-order valence-corrected chi connectivity index (χ2v) is 2.63. The topological polar surface area (TPSA) is 44.8 Å². The van der Waals surface area contributed by atoms with E-state index in [1.165, 1.54) is 7.11 Å². The third kappa shape index (κ3) is 2.47. The van der Waals surface area contributed by atoms with Crippen LogP contribution >= 0.6 is 0 Å². The first-order valence-corrected chi connectivity index (χ1v) is 4.08. The van der Waals surface area contributed by atoms with E-state index in [1.54, 1.807) is 19.2 Å². The van der Waals surface area contributed by atoms with Gasteiger partial charge in [-0.05, 0) is 17.7 Å². The number of hydrogen-bond acceptors (Lipinski definition) is 4. The lowest BCUT2D eigenvalue weighted by Gasteiger charge is -2.07. The molecule has 0 aliphatic carbocycles. The van der Waals surface area contributed by atoms with Gasteiger partial charge in [0.2, 0.25) is 0 Å². The van der Waals surface area contributed by atoms with Crippen molar-refractivity contribution in [3.05, 3.63) is 23.8 Å². The zero-order valence-electron chi connectivity index (χ0n) is 8.15. The molecular weight excluding hydrogens is 184 g/mol. The molecule has 0 saturated carbocycles. The van der Waals surface area contributed by atoms with Crippen molar-refractivity contribution in [3.63, 3.8) is 0 Å². The predicted molar refractivity (Wildman–Crippen MR) is 50.4 cm³/mol. The van der Waals surface area contributed by atoms with Gasteiger partial charge in [0.05, 0.1) is 13.7 Å². The Morgan fingerprint density at radius 2 is 2.07 bits per heavy atom. The molecule has 0 amide bonds. The van der Waals surface area contributed by atoms with Gasteiger partial charge in [-0.25, -0.2) is 0 Å².